The monoisotopic (exact) mass is 285 g/mol. The molecule has 0 spiro atoms. The SMILES string of the molecule is CNC(C)c1ccc(OC/C=C/c2ccccc2)cc1F. The van der Waals surface area contributed by atoms with E-state index in [1.165, 1.54) is 6.07 Å². The molecule has 2 rings (SSSR count). The lowest BCUT2D eigenvalue weighted by atomic mass is 10.1. The Bertz CT molecular complexity index is 595. The largest absolute Gasteiger partial charge is 0.489 e. The standard InChI is InChI=1S/C18H20FNO/c1-14(20-2)17-11-10-16(13-18(17)19)21-12-6-9-15-7-4-3-5-8-15/h3-11,13-14,20H,12H2,1-2H3/b9-6+. The first-order valence-electron chi connectivity index (χ1n) is 7.02. The van der Waals surface area contributed by atoms with Crippen molar-refractivity contribution in [2.45, 2.75) is 13.0 Å². The van der Waals surface area contributed by atoms with Gasteiger partial charge in [-0.2, -0.15) is 0 Å². The number of rotatable bonds is 6. The van der Waals surface area contributed by atoms with E-state index in [4.69, 9.17) is 4.74 Å². The summed E-state index contributed by atoms with van der Waals surface area (Å²) in [5, 5.41) is 3.02. The minimum absolute atomic E-state index is 0.0166. The van der Waals surface area contributed by atoms with Gasteiger partial charge >= 0.3 is 0 Å². The summed E-state index contributed by atoms with van der Waals surface area (Å²) in [5.74, 6) is 0.290. The topological polar surface area (TPSA) is 21.3 Å². The van der Waals surface area contributed by atoms with E-state index in [9.17, 15) is 4.39 Å². The average molecular weight is 285 g/mol. The Hall–Kier alpha value is -2.13. The van der Waals surface area contributed by atoms with Gasteiger partial charge in [0.1, 0.15) is 18.2 Å². The molecular weight excluding hydrogens is 265 g/mol. The molecule has 3 heteroatoms. The number of benzene rings is 2. The Morgan fingerprint density at radius 3 is 2.62 bits per heavy atom. The van der Waals surface area contributed by atoms with E-state index in [0.29, 0.717) is 17.9 Å². The van der Waals surface area contributed by atoms with E-state index in [-0.39, 0.29) is 11.9 Å². The van der Waals surface area contributed by atoms with Gasteiger partial charge in [0.05, 0.1) is 0 Å². The van der Waals surface area contributed by atoms with Crippen molar-refractivity contribution in [2.24, 2.45) is 0 Å². The highest BCUT2D eigenvalue weighted by molar-refractivity contribution is 5.48. The van der Waals surface area contributed by atoms with Gasteiger partial charge in [0.25, 0.3) is 0 Å². The quantitative estimate of drug-likeness (QED) is 0.859. The molecule has 0 amide bonds. The van der Waals surface area contributed by atoms with Crippen LogP contribution in [0.1, 0.15) is 24.1 Å². The fourth-order valence-electron chi connectivity index (χ4n) is 2.00. The number of nitrogens with one attached hydrogen (secondary N) is 1. The van der Waals surface area contributed by atoms with Crippen molar-refractivity contribution in [3.8, 4) is 5.75 Å². The molecule has 2 aromatic carbocycles. The Morgan fingerprint density at radius 2 is 1.95 bits per heavy atom. The molecule has 0 aliphatic heterocycles. The molecule has 0 aliphatic rings. The zero-order valence-electron chi connectivity index (χ0n) is 12.3. The van der Waals surface area contributed by atoms with Crippen LogP contribution in [-0.2, 0) is 0 Å². The Kier molecular flexibility index (Phi) is 5.52. The molecule has 0 radical (unpaired) electrons. The summed E-state index contributed by atoms with van der Waals surface area (Å²) in [5.41, 5.74) is 1.76. The van der Waals surface area contributed by atoms with Crippen molar-refractivity contribution in [1.29, 1.82) is 0 Å². The van der Waals surface area contributed by atoms with Crippen LogP contribution in [0.4, 0.5) is 4.39 Å². The molecule has 0 saturated heterocycles. The lowest BCUT2D eigenvalue weighted by molar-refractivity contribution is 0.360. The van der Waals surface area contributed by atoms with E-state index in [1.807, 2.05) is 56.5 Å². The molecule has 0 fully saturated rings. The molecule has 0 bridgehead atoms. The number of halogens is 1. The molecule has 1 unspecified atom stereocenters. The molecule has 1 N–H and O–H groups in total. The van der Waals surface area contributed by atoms with Crippen LogP contribution in [0.25, 0.3) is 6.08 Å². The minimum atomic E-state index is -0.249. The van der Waals surface area contributed by atoms with Gasteiger partial charge in [-0.15, -0.1) is 0 Å². The van der Waals surface area contributed by atoms with Gasteiger partial charge in [0.2, 0.25) is 0 Å². The van der Waals surface area contributed by atoms with Crippen LogP contribution in [0.2, 0.25) is 0 Å². The van der Waals surface area contributed by atoms with Crippen molar-refractivity contribution < 1.29 is 9.13 Å². The second-order valence-corrected chi connectivity index (χ2v) is 4.82. The maximum atomic E-state index is 13.9. The number of ether oxygens (including phenoxy) is 1. The molecule has 0 saturated carbocycles. The third-order valence-electron chi connectivity index (χ3n) is 3.33. The van der Waals surface area contributed by atoms with Crippen LogP contribution in [0.15, 0.2) is 54.6 Å². The van der Waals surface area contributed by atoms with E-state index in [0.717, 1.165) is 5.56 Å². The van der Waals surface area contributed by atoms with E-state index in [1.54, 1.807) is 12.1 Å². The van der Waals surface area contributed by atoms with Crippen molar-refractivity contribution in [1.82, 2.24) is 5.32 Å². The summed E-state index contributed by atoms with van der Waals surface area (Å²) in [6.07, 6.45) is 3.89. The van der Waals surface area contributed by atoms with Crippen molar-refractivity contribution in [3.63, 3.8) is 0 Å². The molecule has 21 heavy (non-hydrogen) atoms. The first kappa shape index (κ1) is 15.3. The van der Waals surface area contributed by atoms with Crippen molar-refractivity contribution in [2.75, 3.05) is 13.7 Å². The lowest BCUT2D eigenvalue weighted by Gasteiger charge is -2.12. The zero-order valence-corrected chi connectivity index (χ0v) is 12.3. The maximum absolute atomic E-state index is 13.9. The number of hydrogen-bond acceptors (Lipinski definition) is 2. The first-order valence-corrected chi connectivity index (χ1v) is 7.02. The predicted octanol–water partition coefficient (Wildman–Crippen LogP) is 4.20. The molecule has 2 aromatic rings. The minimum Gasteiger partial charge on any atom is -0.489 e. The average Bonchev–Trinajstić information content (AvgIpc) is 2.52. The number of hydrogen-bond donors (Lipinski definition) is 1. The molecule has 110 valence electrons. The highest BCUT2D eigenvalue weighted by Gasteiger charge is 2.09. The van der Waals surface area contributed by atoms with Crippen LogP contribution in [0.5, 0.6) is 5.75 Å². The van der Waals surface area contributed by atoms with Crippen LogP contribution >= 0.6 is 0 Å². The summed E-state index contributed by atoms with van der Waals surface area (Å²) in [6, 6.07) is 14.9. The van der Waals surface area contributed by atoms with Crippen LogP contribution < -0.4 is 10.1 Å². The van der Waals surface area contributed by atoms with E-state index >= 15 is 0 Å². The molecule has 0 aromatic heterocycles. The lowest BCUT2D eigenvalue weighted by Crippen LogP contribution is -2.13. The summed E-state index contributed by atoms with van der Waals surface area (Å²) < 4.78 is 19.5. The highest BCUT2D eigenvalue weighted by atomic mass is 19.1. The second-order valence-electron chi connectivity index (χ2n) is 4.82. The molecule has 0 aliphatic carbocycles. The van der Waals surface area contributed by atoms with Gasteiger partial charge in [-0.05, 0) is 31.7 Å². The third-order valence-corrected chi connectivity index (χ3v) is 3.33. The molecule has 2 nitrogen and oxygen atoms in total. The first-order chi connectivity index (χ1) is 10.2. The second kappa shape index (κ2) is 7.60. The zero-order chi connectivity index (χ0) is 15.1. The van der Waals surface area contributed by atoms with Gasteiger partial charge < -0.3 is 10.1 Å². The Balaban J connectivity index is 1.92. The summed E-state index contributed by atoms with van der Waals surface area (Å²) in [7, 11) is 1.81. The molecule has 1 atom stereocenters. The fourth-order valence-corrected chi connectivity index (χ4v) is 2.00. The van der Waals surface area contributed by atoms with Gasteiger partial charge in [0, 0.05) is 17.7 Å². The fraction of sp³-hybridized carbons (Fsp3) is 0.222. The summed E-state index contributed by atoms with van der Waals surface area (Å²) in [4.78, 5) is 0. The summed E-state index contributed by atoms with van der Waals surface area (Å²) >= 11 is 0. The smallest absolute Gasteiger partial charge is 0.131 e. The molecular formula is C18H20FNO. The summed E-state index contributed by atoms with van der Waals surface area (Å²) in [6.45, 7) is 2.33. The highest BCUT2D eigenvalue weighted by Crippen LogP contribution is 2.21. The Labute approximate surface area is 125 Å². The van der Waals surface area contributed by atoms with Crippen LogP contribution in [0, 0.1) is 5.82 Å². The van der Waals surface area contributed by atoms with Gasteiger partial charge in [-0.3, -0.25) is 0 Å². The van der Waals surface area contributed by atoms with Crippen LogP contribution in [-0.4, -0.2) is 13.7 Å². The van der Waals surface area contributed by atoms with Gasteiger partial charge in [0.15, 0.2) is 0 Å². The van der Waals surface area contributed by atoms with Crippen molar-refractivity contribution in [3.05, 3.63) is 71.6 Å². The predicted molar refractivity (Wildman–Crippen MR) is 84.8 cm³/mol. The maximum Gasteiger partial charge on any atom is 0.131 e. The molecule has 0 heterocycles. The van der Waals surface area contributed by atoms with E-state index < -0.39 is 0 Å². The normalized spacial score (nSPS) is 12.5. The third kappa shape index (κ3) is 4.43. The van der Waals surface area contributed by atoms with Gasteiger partial charge in [-0.1, -0.05) is 42.5 Å². The van der Waals surface area contributed by atoms with Gasteiger partial charge in [-0.25, -0.2) is 4.39 Å². The Morgan fingerprint density at radius 1 is 1.19 bits per heavy atom. The van der Waals surface area contributed by atoms with Crippen molar-refractivity contribution >= 4 is 6.08 Å². The van der Waals surface area contributed by atoms with Crippen LogP contribution in [0.3, 0.4) is 0 Å². The van der Waals surface area contributed by atoms with E-state index in [2.05, 4.69) is 5.32 Å².